The number of amides is 1. The van der Waals surface area contributed by atoms with E-state index in [1.807, 2.05) is 12.1 Å². The van der Waals surface area contributed by atoms with E-state index in [0.717, 1.165) is 24.8 Å². The largest absolute Gasteiger partial charge is 0.493 e. The van der Waals surface area contributed by atoms with Gasteiger partial charge in [0.15, 0.2) is 6.10 Å². The topological polar surface area (TPSA) is 64.6 Å². The lowest BCUT2D eigenvalue weighted by molar-refractivity contribution is -0.130. The number of hydrogen-bond acceptors (Lipinski definition) is 4. The Bertz CT molecular complexity index is 844. The summed E-state index contributed by atoms with van der Waals surface area (Å²) in [6, 6.07) is 14.9. The van der Waals surface area contributed by atoms with Gasteiger partial charge in [-0.15, -0.1) is 0 Å². The summed E-state index contributed by atoms with van der Waals surface area (Å²) in [5.41, 5.74) is 2.82. The van der Waals surface area contributed by atoms with Crippen LogP contribution in [-0.2, 0) is 16.0 Å². The first-order chi connectivity index (χ1) is 13.9. The molecule has 0 aliphatic heterocycles. The van der Waals surface area contributed by atoms with Gasteiger partial charge in [-0.25, -0.2) is 4.79 Å². The first-order valence-electron chi connectivity index (χ1n) is 10.3. The van der Waals surface area contributed by atoms with Crippen LogP contribution in [0.1, 0.15) is 61.1 Å². The van der Waals surface area contributed by atoms with Gasteiger partial charge in [0.2, 0.25) is 0 Å². The van der Waals surface area contributed by atoms with Crippen molar-refractivity contribution < 1.29 is 19.1 Å². The van der Waals surface area contributed by atoms with Crippen molar-refractivity contribution in [2.24, 2.45) is 5.92 Å². The molecule has 0 saturated carbocycles. The molecule has 1 amide bonds. The van der Waals surface area contributed by atoms with Crippen LogP contribution in [0.2, 0.25) is 0 Å². The lowest BCUT2D eigenvalue weighted by Gasteiger charge is -2.27. The number of ether oxygens (including phenoxy) is 2. The highest BCUT2D eigenvalue weighted by Crippen LogP contribution is 2.29. The molecular weight excluding hydrogens is 366 g/mol. The number of esters is 1. The Hall–Kier alpha value is -2.82. The SMILES string of the molecule is CC(C)COc1ccc(C(=O)O[C@H](C)C(=O)N[C@@H]2CCCc3ccccc32)cc1. The molecule has 1 aliphatic rings. The molecule has 0 unspecified atom stereocenters. The van der Waals surface area contributed by atoms with E-state index < -0.39 is 12.1 Å². The molecule has 2 atom stereocenters. The van der Waals surface area contributed by atoms with Crippen LogP contribution in [0.4, 0.5) is 0 Å². The molecule has 0 spiro atoms. The van der Waals surface area contributed by atoms with Crippen molar-refractivity contribution in [3.8, 4) is 5.75 Å². The minimum atomic E-state index is -0.867. The van der Waals surface area contributed by atoms with E-state index in [-0.39, 0.29) is 11.9 Å². The number of benzene rings is 2. The van der Waals surface area contributed by atoms with Crippen LogP contribution in [-0.4, -0.2) is 24.6 Å². The lowest BCUT2D eigenvalue weighted by atomic mass is 9.87. The summed E-state index contributed by atoms with van der Waals surface area (Å²) in [7, 11) is 0. The standard InChI is InChI=1S/C24H29NO4/c1-16(2)15-28-20-13-11-19(12-14-20)24(27)29-17(3)23(26)25-22-10-6-8-18-7-4-5-9-21(18)22/h4-5,7,9,11-14,16-17,22H,6,8,10,15H2,1-3H3,(H,25,26)/t17-,22-/m1/s1. The van der Waals surface area contributed by atoms with Crippen LogP contribution in [0.5, 0.6) is 5.75 Å². The zero-order valence-corrected chi connectivity index (χ0v) is 17.3. The van der Waals surface area contributed by atoms with Gasteiger partial charge in [0.05, 0.1) is 18.2 Å². The number of nitrogens with one attached hydrogen (secondary N) is 1. The predicted molar refractivity (Wildman–Crippen MR) is 112 cm³/mol. The minimum Gasteiger partial charge on any atom is -0.493 e. The van der Waals surface area contributed by atoms with Crippen LogP contribution >= 0.6 is 0 Å². The molecule has 1 aliphatic carbocycles. The van der Waals surface area contributed by atoms with Gasteiger partial charge in [-0.3, -0.25) is 4.79 Å². The number of carbonyl (C=O) groups is 2. The normalized spacial score (nSPS) is 16.6. The lowest BCUT2D eigenvalue weighted by Crippen LogP contribution is -2.39. The van der Waals surface area contributed by atoms with Crippen LogP contribution in [0.15, 0.2) is 48.5 Å². The van der Waals surface area contributed by atoms with E-state index in [1.54, 1.807) is 31.2 Å². The Labute approximate surface area is 172 Å². The van der Waals surface area contributed by atoms with Gasteiger partial charge in [-0.05, 0) is 67.5 Å². The fourth-order valence-electron chi connectivity index (χ4n) is 3.43. The third-order valence-corrected chi connectivity index (χ3v) is 5.01. The highest BCUT2D eigenvalue weighted by molar-refractivity contribution is 5.92. The molecule has 0 aromatic heterocycles. The Balaban J connectivity index is 1.55. The second kappa shape index (κ2) is 9.59. The van der Waals surface area contributed by atoms with Crippen molar-refractivity contribution in [1.82, 2.24) is 5.32 Å². The van der Waals surface area contributed by atoms with Gasteiger partial charge in [0, 0.05) is 0 Å². The van der Waals surface area contributed by atoms with E-state index in [0.29, 0.717) is 23.8 Å². The van der Waals surface area contributed by atoms with E-state index in [2.05, 4.69) is 31.3 Å². The van der Waals surface area contributed by atoms with E-state index >= 15 is 0 Å². The molecule has 5 nitrogen and oxygen atoms in total. The van der Waals surface area contributed by atoms with Crippen molar-refractivity contribution in [2.75, 3.05) is 6.61 Å². The molecule has 3 rings (SSSR count). The molecule has 0 saturated heterocycles. The monoisotopic (exact) mass is 395 g/mol. The van der Waals surface area contributed by atoms with Gasteiger partial charge in [0.1, 0.15) is 5.75 Å². The average molecular weight is 395 g/mol. The number of rotatable bonds is 7. The molecule has 1 N–H and O–H groups in total. The Kier molecular flexibility index (Phi) is 6.91. The van der Waals surface area contributed by atoms with Crippen molar-refractivity contribution in [3.05, 3.63) is 65.2 Å². The minimum absolute atomic E-state index is 0.0361. The summed E-state index contributed by atoms with van der Waals surface area (Å²) in [4.78, 5) is 25.0. The molecule has 5 heteroatoms. The summed E-state index contributed by atoms with van der Waals surface area (Å²) >= 11 is 0. The summed E-state index contributed by atoms with van der Waals surface area (Å²) in [6.07, 6.45) is 2.08. The number of aryl methyl sites for hydroxylation is 1. The average Bonchev–Trinajstić information content (AvgIpc) is 2.72. The van der Waals surface area contributed by atoms with Gasteiger partial charge >= 0.3 is 5.97 Å². The summed E-state index contributed by atoms with van der Waals surface area (Å²) in [5, 5.41) is 3.03. The van der Waals surface area contributed by atoms with Gasteiger partial charge in [0.25, 0.3) is 5.91 Å². The van der Waals surface area contributed by atoms with Gasteiger partial charge in [-0.1, -0.05) is 38.1 Å². The Morgan fingerprint density at radius 3 is 2.52 bits per heavy atom. The third kappa shape index (κ3) is 5.59. The maximum absolute atomic E-state index is 12.6. The maximum Gasteiger partial charge on any atom is 0.338 e. The zero-order valence-electron chi connectivity index (χ0n) is 17.3. The quantitative estimate of drug-likeness (QED) is 0.703. The molecule has 0 radical (unpaired) electrons. The van der Waals surface area contributed by atoms with Crippen molar-refractivity contribution >= 4 is 11.9 Å². The Morgan fingerprint density at radius 1 is 1.07 bits per heavy atom. The number of fused-ring (bicyclic) bond motifs is 1. The fraction of sp³-hybridized carbons (Fsp3) is 0.417. The van der Waals surface area contributed by atoms with Crippen molar-refractivity contribution in [2.45, 2.75) is 52.2 Å². The zero-order chi connectivity index (χ0) is 20.8. The highest BCUT2D eigenvalue weighted by Gasteiger charge is 2.25. The van der Waals surface area contributed by atoms with E-state index in [4.69, 9.17) is 9.47 Å². The molecule has 2 aromatic carbocycles. The second-order valence-electron chi connectivity index (χ2n) is 7.93. The number of hydrogen-bond donors (Lipinski definition) is 1. The highest BCUT2D eigenvalue weighted by atomic mass is 16.5. The fourth-order valence-corrected chi connectivity index (χ4v) is 3.43. The molecular formula is C24H29NO4. The molecule has 0 heterocycles. The molecule has 0 fully saturated rings. The van der Waals surface area contributed by atoms with Gasteiger partial charge < -0.3 is 14.8 Å². The maximum atomic E-state index is 12.6. The summed E-state index contributed by atoms with van der Waals surface area (Å²) in [5.74, 6) is 0.330. The second-order valence-corrected chi connectivity index (χ2v) is 7.93. The Morgan fingerprint density at radius 2 is 1.79 bits per heavy atom. The smallest absolute Gasteiger partial charge is 0.338 e. The van der Waals surface area contributed by atoms with E-state index in [1.165, 1.54) is 5.56 Å². The summed E-state index contributed by atoms with van der Waals surface area (Å²) < 4.78 is 11.0. The first-order valence-corrected chi connectivity index (χ1v) is 10.3. The van der Waals surface area contributed by atoms with Gasteiger partial charge in [-0.2, -0.15) is 0 Å². The third-order valence-electron chi connectivity index (χ3n) is 5.01. The van der Waals surface area contributed by atoms with E-state index in [9.17, 15) is 9.59 Å². The molecule has 0 bridgehead atoms. The van der Waals surface area contributed by atoms with Crippen molar-refractivity contribution in [3.63, 3.8) is 0 Å². The summed E-state index contributed by atoms with van der Waals surface area (Å²) in [6.45, 7) is 6.36. The number of carbonyl (C=O) groups excluding carboxylic acids is 2. The molecule has 2 aromatic rings. The molecule has 154 valence electrons. The van der Waals surface area contributed by atoms with Crippen LogP contribution < -0.4 is 10.1 Å². The van der Waals surface area contributed by atoms with Crippen LogP contribution in [0.25, 0.3) is 0 Å². The van der Waals surface area contributed by atoms with Crippen molar-refractivity contribution in [1.29, 1.82) is 0 Å². The first kappa shape index (κ1) is 20.9. The molecule has 29 heavy (non-hydrogen) atoms. The van der Waals surface area contributed by atoms with Crippen LogP contribution in [0, 0.1) is 5.92 Å². The van der Waals surface area contributed by atoms with Crippen LogP contribution in [0.3, 0.4) is 0 Å². The predicted octanol–water partition coefficient (Wildman–Crippen LogP) is 4.46.